The van der Waals surface area contributed by atoms with Crippen LogP contribution in [0.5, 0.6) is 0 Å². The minimum atomic E-state index is -3.90. The molecule has 0 fully saturated rings. The molecule has 7 heteroatoms. The maximum Gasteiger partial charge on any atom is 0.243 e. The highest BCUT2D eigenvalue weighted by Gasteiger charge is 2.24. The monoisotopic (exact) mass is 366 g/mol. The van der Waals surface area contributed by atoms with Crippen LogP contribution < -0.4 is 10.5 Å². The van der Waals surface area contributed by atoms with E-state index >= 15 is 0 Å². The summed E-state index contributed by atoms with van der Waals surface area (Å²) in [5.74, 6) is -0.445. The SMILES string of the molecule is CC(C)CC(C)NS(=O)(=O)c1cc(Br)cc(CN)c1F. The summed E-state index contributed by atoms with van der Waals surface area (Å²) < 4.78 is 41.6. The van der Waals surface area contributed by atoms with E-state index in [-0.39, 0.29) is 23.0 Å². The van der Waals surface area contributed by atoms with E-state index < -0.39 is 15.8 Å². The van der Waals surface area contributed by atoms with Crippen molar-refractivity contribution in [2.75, 3.05) is 0 Å². The van der Waals surface area contributed by atoms with Crippen molar-refractivity contribution in [3.63, 3.8) is 0 Å². The van der Waals surface area contributed by atoms with Gasteiger partial charge in [-0.15, -0.1) is 0 Å². The zero-order valence-electron chi connectivity index (χ0n) is 11.8. The molecule has 0 aliphatic carbocycles. The quantitative estimate of drug-likeness (QED) is 0.812. The molecule has 0 bridgehead atoms. The molecule has 0 heterocycles. The van der Waals surface area contributed by atoms with Crippen LogP contribution >= 0.6 is 15.9 Å². The Balaban J connectivity index is 3.13. The molecule has 0 radical (unpaired) electrons. The second kappa shape index (κ2) is 6.98. The Labute approximate surface area is 128 Å². The number of sulfonamides is 1. The molecule has 0 amide bonds. The first-order valence-corrected chi connectivity index (χ1v) is 8.65. The molecule has 0 saturated heterocycles. The van der Waals surface area contributed by atoms with Crippen LogP contribution in [0.25, 0.3) is 0 Å². The van der Waals surface area contributed by atoms with Gasteiger partial charge in [-0.3, -0.25) is 0 Å². The van der Waals surface area contributed by atoms with Crippen molar-refractivity contribution in [2.24, 2.45) is 11.7 Å². The van der Waals surface area contributed by atoms with Crippen LogP contribution in [-0.2, 0) is 16.6 Å². The van der Waals surface area contributed by atoms with E-state index in [4.69, 9.17) is 5.73 Å². The van der Waals surface area contributed by atoms with Crippen molar-refractivity contribution in [2.45, 2.75) is 44.7 Å². The number of hydrogen-bond acceptors (Lipinski definition) is 3. The van der Waals surface area contributed by atoms with Crippen LogP contribution in [0.1, 0.15) is 32.8 Å². The fourth-order valence-electron chi connectivity index (χ4n) is 2.05. The Hall–Kier alpha value is -0.500. The van der Waals surface area contributed by atoms with Gasteiger partial charge in [-0.2, -0.15) is 0 Å². The van der Waals surface area contributed by atoms with Crippen LogP contribution in [0.2, 0.25) is 0 Å². The van der Waals surface area contributed by atoms with Gasteiger partial charge in [0.25, 0.3) is 0 Å². The second-order valence-corrected chi connectivity index (χ2v) is 7.83. The predicted octanol–water partition coefficient (Wildman–Crippen LogP) is 2.76. The van der Waals surface area contributed by atoms with Crippen molar-refractivity contribution >= 4 is 26.0 Å². The number of nitrogens with one attached hydrogen (secondary N) is 1. The number of halogens is 2. The standard InChI is InChI=1S/C13H20BrFN2O2S/c1-8(2)4-9(3)17-20(18,19)12-6-11(14)5-10(7-16)13(12)15/h5-6,8-9,17H,4,7,16H2,1-3H3. The summed E-state index contributed by atoms with van der Waals surface area (Å²) in [4.78, 5) is -0.372. The maximum absolute atomic E-state index is 14.1. The average Bonchev–Trinajstić information content (AvgIpc) is 2.29. The molecule has 1 unspecified atom stereocenters. The van der Waals surface area contributed by atoms with Gasteiger partial charge in [0.1, 0.15) is 10.7 Å². The van der Waals surface area contributed by atoms with Crippen molar-refractivity contribution in [1.29, 1.82) is 0 Å². The predicted molar refractivity (Wildman–Crippen MR) is 81.2 cm³/mol. The summed E-state index contributed by atoms with van der Waals surface area (Å²) in [6, 6.07) is 2.46. The molecule has 4 nitrogen and oxygen atoms in total. The van der Waals surface area contributed by atoms with Gasteiger partial charge in [0.05, 0.1) is 0 Å². The van der Waals surface area contributed by atoms with E-state index in [0.29, 0.717) is 16.8 Å². The van der Waals surface area contributed by atoms with E-state index in [1.807, 2.05) is 13.8 Å². The minimum absolute atomic E-state index is 0.0602. The molecular weight excluding hydrogens is 347 g/mol. The van der Waals surface area contributed by atoms with E-state index in [2.05, 4.69) is 20.7 Å². The highest BCUT2D eigenvalue weighted by atomic mass is 79.9. The third-order valence-corrected chi connectivity index (χ3v) is 4.82. The van der Waals surface area contributed by atoms with E-state index in [0.717, 1.165) is 0 Å². The first kappa shape index (κ1) is 17.6. The Kier molecular flexibility index (Phi) is 6.12. The van der Waals surface area contributed by atoms with Gasteiger partial charge < -0.3 is 5.73 Å². The molecule has 1 atom stereocenters. The molecule has 1 aromatic carbocycles. The lowest BCUT2D eigenvalue weighted by Gasteiger charge is -2.17. The molecule has 0 aliphatic rings. The third-order valence-electron chi connectivity index (χ3n) is 2.77. The molecule has 114 valence electrons. The van der Waals surface area contributed by atoms with Crippen LogP contribution in [0.4, 0.5) is 4.39 Å². The van der Waals surface area contributed by atoms with Gasteiger partial charge in [0.2, 0.25) is 10.0 Å². The lowest BCUT2D eigenvalue weighted by molar-refractivity contribution is 0.479. The number of nitrogens with two attached hydrogens (primary N) is 1. The molecular formula is C13H20BrFN2O2S. The Bertz CT molecular complexity index is 576. The molecule has 1 aromatic rings. The Morgan fingerprint density at radius 1 is 1.35 bits per heavy atom. The van der Waals surface area contributed by atoms with Crippen molar-refractivity contribution in [3.05, 3.63) is 28.0 Å². The summed E-state index contributed by atoms with van der Waals surface area (Å²) in [6.45, 7) is 5.70. The largest absolute Gasteiger partial charge is 0.326 e. The van der Waals surface area contributed by atoms with Crippen molar-refractivity contribution in [1.82, 2.24) is 4.72 Å². The van der Waals surface area contributed by atoms with Gasteiger partial charge >= 0.3 is 0 Å². The zero-order valence-corrected chi connectivity index (χ0v) is 14.2. The first-order chi connectivity index (χ1) is 9.17. The van der Waals surface area contributed by atoms with E-state index in [9.17, 15) is 12.8 Å². The Morgan fingerprint density at radius 2 is 1.95 bits per heavy atom. The number of hydrogen-bond donors (Lipinski definition) is 2. The number of benzene rings is 1. The normalized spacial score (nSPS) is 13.8. The fraction of sp³-hybridized carbons (Fsp3) is 0.538. The van der Waals surface area contributed by atoms with Crippen LogP contribution in [-0.4, -0.2) is 14.5 Å². The molecule has 1 rings (SSSR count). The molecule has 0 spiro atoms. The first-order valence-electron chi connectivity index (χ1n) is 6.37. The van der Waals surface area contributed by atoms with Gasteiger partial charge in [-0.05, 0) is 31.4 Å². The smallest absolute Gasteiger partial charge is 0.243 e. The third kappa shape index (κ3) is 4.51. The zero-order chi connectivity index (χ0) is 15.5. The van der Waals surface area contributed by atoms with Gasteiger partial charge in [-0.25, -0.2) is 17.5 Å². The lowest BCUT2D eigenvalue weighted by Crippen LogP contribution is -2.34. The molecule has 3 N–H and O–H groups in total. The highest BCUT2D eigenvalue weighted by Crippen LogP contribution is 2.24. The molecule has 0 aliphatic heterocycles. The van der Waals surface area contributed by atoms with Crippen molar-refractivity contribution in [3.8, 4) is 0 Å². The average molecular weight is 367 g/mol. The summed E-state index contributed by atoms with van der Waals surface area (Å²) in [7, 11) is -3.90. The minimum Gasteiger partial charge on any atom is -0.326 e. The van der Waals surface area contributed by atoms with E-state index in [1.54, 1.807) is 6.92 Å². The maximum atomic E-state index is 14.1. The van der Waals surface area contributed by atoms with Gasteiger partial charge in [0, 0.05) is 22.6 Å². The molecule has 20 heavy (non-hydrogen) atoms. The van der Waals surface area contributed by atoms with Crippen molar-refractivity contribution < 1.29 is 12.8 Å². The van der Waals surface area contributed by atoms with E-state index in [1.165, 1.54) is 12.1 Å². The van der Waals surface area contributed by atoms with Crippen LogP contribution in [0, 0.1) is 11.7 Å². The van der Waals surface area contributed by atoms with Crippen LogP contribution in [0.3, 0.4) is 0 Å². The van der Waals surface area contributed by atoms with Crippen LogP contribution in [0.15, 0.2) is 21.5 Å². The summed E-state index contributed by atoms with van der Waals surface area (Å²) >= 11 is 3.17. The summed E-state index contributed by atoms with van der Waals surface area (Å²) in [5.41, 5.74) is 5.59. The molecule has 0 saturated carbocycles. The fourth-order valence-corrected chi connectivity index (χ4v) is 4.10. The summed E-state index contributed by atoms with van der Waals surface area (Å²) in [5, 5.41) is 0. The molecule has 0 aromatic heterocycles. The number of rotatable bonds is 6. The van der Waals surface area contributed by atoms with Gasteiger partial charge in [-0.1, -0.05) is 29.8 Å². The topological polar surface area (TPSA) is 72.2 Å². The highest BCUT2D eigenvalue weighted by molar-refractivity contribution is 9.10. The summed E-state index contributed by atoms with van der Waals surface area (Å²) in [6.07, 6.45) is 0.679. The Morgan fingerprint density at radius 3 is 2.45 bits per heavy atom. The second-order valence-electron chi connectivity index (χ2n) is 5.23. The van der Waals surface area contributed by atoms with Gasteiger partial charge in [0.15, 0.2) is 0 Å². The lowest BCUT2D eigenvalue weighted by atomic mass is 10.1.